The maximum absolute atomic E-state index is 14.0. The van der Waals surface area contributed by atoms with Gasteiger partial charge in [-0.25, -0.2) is 9.78 Å². The largest absolute Gasteiger partial charge is 0.465 e. The minimum Gasteiger partial charge on any atom is -0.465 e. The summed E-state index contributed by atoms with van der Waals surface area (Å²) in [5.74, 6) is -0.558. The number of halogens is 4. The summed E-state index contributed by atoms with van der Waals surface area (Å²) < 4.78 is 51.8. The van der Waals surface area contributed by atoms with Crippen molar-refractivity contribution in [3.63, 3.8) is 0 Å². The molecule has 40 heavy (non-hydrogen) atoms. The van der Waals surface area contributed by atoms with Crippen LogP contribution in [0.4, 0.5) is 18.9 Å². The Labute approximate surface area is 238 Å². The SMILES string of the molecule is COC(=O)c1cc(Oc2ncc(CCl)cc2C(F)(F)F)ccc1N(C(=O)[C@H]1CC[C@H](C)CC1)C1CCC(C)CC1. The number of hydrogen-bond acceptors (Lipinski definition) is 5. The zero-order valence-corrected chi connectivity index (χ0v) is 23.9. The number of aromatic nitrogens is 1. The van der Waals surface area contributed by atoms with Gasteiger partial charge in [-0.1, -0.05) is 13.8 Å². The van der Waals surface area contributed by atoms with E-state index in [-0.39, 0.29) is 40.6 Å². The lowest BCUT2D eigenvalue weighted by molar-refractivity contribution is -0.139. The molecule has 0 radical (unpaired) electrons. The van der Waals surface area contributed by atoms with Gasteiger partial charge >= 0.3 is 12.1 Å². The number of alkyl halides is 4. The van der Waals surface area contributed by atoms with Gasteiger partial charge in [0.25, 0.3) is 0 Å². The van der Waals surface area contributed by atoms with E-state index in [1.807, 2.05) is 0 Å². The van der Waals surface area contributed by atoms with Crippen LogP contribution in [0.3, 0.4) is 0 Å². The highest BCUT2D eigenvalue weighted by Crippen LogP contribution is 2.40. The number of hydrogen-bond donors (Lipinski definition) is 0. The minimum absolute atomic E-state index is 0.0111. The van der Waals surface area contributed by atoms with Crippen LogP contribution in [0.25, 0.3) is 0 Å². The normalized spacial score (nSPS) is 23.4. The van der Waals surface area contributed by atoms with Crippen molar-refractivity contribution >= 4 is 29.2 Å². The molecule has 0 unspecified atom stereocenters. The molecule has 10 heteroatoms. The van der Waals surface area contributed by atoms with E-state index >= 15 is 0 Å². The third-order valence-corrected chi connectivity index (χ3v) is 8.48. The third-order valence-electron chi connectivity index (χ3n) is 8.17. The zero-order valence-electron chi connectivity index (χ0n) is 23.1. The van der Waals surface area contributed by atoms with Gasteiger partial charge in [-0.3, -0.25) is 4.79 Å². The molecule has 0 saturated heterocycles. The molecular weight excluding hydrogens is 545 g/mol. The lowest BCUT2D eigenvalue weighted by Gasteiger charge is -2.40. The quantitative estimate of drug-likeness (QED) is 0.244. The first-order valence-corrected chi connectivity index (χ1v) is 14.4. The molecule has 6 nitrogen and oxygen atoms in total. The van der Waals surface area contributed by atoms with Crippen LogP contribution in [0.15, 0.2) is 30.5 Å². The van der Waals surface area contributed by atoms with E-state index in [4.69, 9.17) is 21.1 Å². The zero-order chi connectivity index (χ0) is 29.0. The first-order chi connectivity index (χ1) is 19.0. The Morgan fingerprint density at radius 3 is 2.20 bits per heavy atom. The van der Waals surface area contributed by atoms with Crippen molar-refractivity contribution in [2.24, 2.45) is 17.8 Å². The van der Waals surface area contributed by atoms with E-state index in [2.05, 4.69) is 18.8 Å². The Bertz CT molecular complexity index is 1210. The molecule has 1 amide bonds. The molecule has 2 saturated carbocycles. The van der Waals surface area contributed by atoms with Crippen molar-refractivity contribution in [2.45, 2.75) is 83.3 Å². The topological polar surface area (TPSA) is 68.7 Å². The molecule has 0 spiro atoms. The van der Waals surface area contributed by atoms with Crippen LogP contribution in [0, 0.1) is 17.8 Å². The van der Waals surface area contributed by atoms with Gasteiger partial charge in [-0.05, 0) is 93.0 Å². The lowest BCUT2D eigenvalue weighted by Crippen LogP contribution is -2.46. The van der Waals surface area contributed by atoms with E-state index in [9.17, 15) is 22.8 Å². The Morgan fingerprint density at radius 1 is 1.00 bits per heavy atom. The van der Waals surface area contributed by atoms with Crippen LogP contribution in [0.5, 0.6) is 11.6 Å². The highest BCUT2D eigenvalue weighted by atomic mass is 35.5. The summed E-state index contributed by atoms with van der Waals surface area (Å²) in [4.78, 5) is 32.6. The molecule has 4 rings (SSSR count). The molecule has 218 valence electrons. The van der Waals surface area contributed by atoms with Crippen LogP contribution in [-0.4, -0.2) is 30.0 Å². The molecule has 0 N–H and O–H groups in total. The summed E-state index contributed by atoms with van der Waals surface area (Å²) in [6.07, 6.45) is 3.55. The number of pyridine rings is 1. The fraction of sp³-hybridized carbons (Fsp3) is 0.567. The van der Waals surface area contributed by atoms with Gasteiger partial charge in [0, 0.05) is 24.0 Å². The summed E-state index contributed by atoms with van der Waals surface area (Å²) in [5.41, 5.74) is -0.431. The van der Waals surface area contributed by atoms with Crippen molar-refractivity contribution in [1.82, 2.24) is 4.98 Å². The predicted molar refractivity (Wildman–Crippen MR) is 147 cm³/mol. The van der Waals surface area contributed by atoms with Crippen LogP contribution in [-0.2, 0) is 21.6 Å². The highest BCUT2D eigenvalue weighted by molar-refractivity contribution is 6.17. The number of carbonyl (C=O) groups is 2. The van der Waals surface area contributed by atoms with E-state index in [1.165, 1.54) is 25.4 Å². The van der Waals surface area contributed by atoms with E-state index in [0.717, 1.165) is 57.4 Å². The molecule has 1 aromatic carbocycles. The molecule has 1 aromatic heterocycles. The fourth-order valence-corrected chi connectivity index (χ4v) is 5.87. The number of esters is 1. The van der Waals surface area contributed by atoms with Gasteiger partial charge in [-0.2, -0.15) is 13.2 Å². The summed E-state index contributed by atoms with van der Waals surface area (Å²) in [7, 11) is 1.23. The molecular formula is C30H36ClF3N2O4. The Kier molecular flexibility index (Phi) is 9.64. The van der Waals surface area contributed by atoms with Gasteiger partial charge < -0.3 is 14.4 Å². The van der Waals surface area contributed by atoms with Gasteiger partial charge in [0.05, 0.1) is 18.4 Å². The average molecular weight is 581 g/mol. The smallest absolute Gasteiger partial charge is 0.421 e. The fourth-order valence-electron chi connectivity index (χ4n) is 5.73. The van der Waals surface area contributed by atoms with Crippen molar-refractivity contribution in [1.29, 1.82) is 0 Å². The number of benzene rings is 1. The Hall–Kier alpha value is -2.81. The van der Waals surface area contributed by atoms with Crippen molar-refractivity contribution in [2.75, 3.05) is 12.0 Å². The number of rotatable bonds is 7. The maximum Gasteiger partial charge on any atom is 0.421 e. The summed E-state index contributed by atoms with van der Waals surface area (Å²) in [5, 5.41) is 0. The molecule has 2 fully saturated rings. The van der Waals surface area contributed by atoms with Gasteiger partial charge in [0.2, 0.25) is 11.8 Å². The standard InChI is InChI=1S/C30H36ClF3N2O4/c1-18-4-8-21(9-5-18)28(37)36(22-10-6-19(2)7-11-22)26-13-12-23(15-24(26)29(38)39-3)40-27-25(30(32,33)34)14-20(16-31)17-35-27/h12-15,17-19,21-22H,4-11,16H2,1-3H3/t18-,19?,21-,22?. The first-order valence-electron chi connectivity index (χ1n) is 13.9. The Balaban J connectivity index is 1.73. The van der Waals surface area contributed by atoms with Crippen LogP contribution in [0.1, 0.15) is 86.7 Å². The van der Waals surface area contributed by atoms with Crippen LogP contribution >= 0.6 is 11.6 Å². The second-order valence-electron chi connectivity index (χ2n) is 11.2. The summed E-state index contributed by atoms with van der Waals surface area (Å²) in [6.45, 7) is 4.39. The number of ether oxygens (including phenoxy) is 2. The van der Waals surface area contributed by atoms with Crippen LogP contribution < -0.4 is 9.64 Å². The van der Waals surface area contributed by atoms with Gasteiger partial charge in [0.1, 0.15) is 11.3 Å². The average Bonchev–Trinajstić information content (AvgIpc) is 2.94. The number of nitrogens with zero attached hydrogens (tertiary/aromatic N) is 2. The van der Waals surface area contributed by atoms with Crippen molar-refractivity contribution < 1.29 is 32.2 Å². The molecule has 0 aliphatic heterocycles. The number of amides is 1. The number of carbonyl (C=O) groups excluding carboxylic acids is 2. The van der Waals surface area contributed by atoms with E-state index in [0.29, 0.717) is 17.5 Å². The molecule has 2 aliphatic carbocycles. The first kappa shape index (κ1) is 30.2. The van der Waals surface area contributed by atoms with Crippen LogP contribution in [0.2, 0.25) is 0 Å². The molecule has 2 aromatic rings. The lowest BCUT2D eigenvalue weighted by atomic mass is 9.81. The Morgan fingerprint density at radius 2 is 1.62 bits per heavy atom. The predicted octanol–water partition coefficient (Wildman–Crippen LogP) is 8.16. The minimum atomic E-state index is -4.73. The molecule has 0 bridgehead atoms. The van der Waals surface area contributed by atoms with E-state index < -0.39 is 23.6 Å². The van der Waals surface area contributed by atoms with Gasteiger partial charge in [-0.15, -0.1) is 11.6 Å². The second kappa shape index (κ2) is 12.8. The van der Waals surface area contributed by atoms with Gasteiger partial charge in [0.15, 0.2) is 0 Å². The summed E-state index contributed by atoms with van der Waals surface area (Å²) >= 11 is 5.71. The number of anilines is 1. The molecule has 1 heterocycles. The van der Waals surface area contributed by atoms with Crippen molar-refractivity contribution in [3.05, 3.63) is 47.2 Å². The highest BCUT2D eigenvalue weighted by Gasteiger charge is 2.38. The third kappa shape index (κ3) is 6.90. The number of methoxy groups -OCH3 is 1. The second-order valence-corrected chi connectivity index (χ2v) is 11.4. The monoisotopic (exact) mass is 580 g/mol. The van der Waals surface area contributed by atoms with E-state index in [1.54, 1.807) is 11.0 Å². The molecule has 2 aliphatic rings. The summed E-state index contributed by atoms with van der Waals surface area (Å²) in [6, 6.07) is 5.17. The maximum atomic E-state index is 14.0. The molecule has 0 atom stereocenters. The van der Waals surface area contributed by atoms with Crippen molar-refractivity contribution in [3.8, 4) is 11.6 Å².